The summed E-state index contributed by atoms with van der Waals surface area (Å²) in [6.07, 6.45) is 0.739. The molecule has 1 amide bonds. The van der Waals surface area contributed by atoms with Crippen molar-refractivity contribution in [1.82, 2.24) is 5.32 Å². The highest BCUT2D eigenvalue weighted by atomic mass is 79.9. The lowest BCUT2D eigenvalue weighted by Gasteiger charge is -2.04. The van der Waals surface area contributed by atoms with Crippen molar-refractivity contribution in [2.24, 2.45) is 0 Å². The van der Waals surface area contributed by atoms with E-state index < -0.39 is 17.5 Å². The smallest absolute Gasteiger partial charge is 0.254 e. The number of hydrogen-bond donors (Lipinski definition) is 1. The second-order valence-electron chi connectivity index (χ2n) is 2.92. The van der Waals surface area contributed by atoms with Crippen LogP contribution in [-0.4, -0.2) is 17.8 Å². The summed E-state index contributed by atoms with van der Waals surface area (Å²) < 4.78 is 25.8. The molecule has 0 aliphatic carbocycles. The van der Waals surface area contributed by atoms with Crippen molar-refractivity contribution in [1.29, 1.82) is 0 Å². The van der Waals surface area contributed by atoms with Crippen LogP contribution in [0, 0.1) is 11.6 Å². The van der Waals surface area contributed by atoms with Gasteiger partial charge in [-0.25, -0.2) is 8.78 Å². The lowest BCUT2D eigenvalue weighted by Crippen LogP contribution is -2.25. The number of carbonyl (C=O) groups is 1. The van der Waals surface area contributed by atoms with E-state index in [9.17, 15) is 13.6 Å². The summed E-state index contributed by atoms with van der Waals surface area (Å²) in [4.78, 5) is 11.4. The molecule has 0 atom stereocenters. The minimum atomic E-state index is -0.715. The van der Waals surface area contributed by atoms with Crippen LogP contribution in [0.1, 0.15) is 16.8 Å². The van der Waals surface area contributed by atoms with E-state index >= 15 is 0 Å². The van der Waals surface area contributed by atoms with E-state index in [0.717, 1.165) is 30.0 Å². The van der Waals surface area contributed by atoms with Crippen LogP contribution < -0.4 is 5.32 Å². The lowest BCUT2D eigenvalue weighted by molar-refractivity contribution is 0.0949. The summed E-state index contributed by atoms with van der Waals surface area (Å²) in [5.74, 6) is -1.93. The van der Waals surface area contributed by atoms with Gasteiger partial charge in [0.2, 0.25) is 0 Å². The van der Waals surface area contributed by atoms with Gasteiger partial charge in [0, 0.05) is 11.9 Å². The van der Waals surface area contributed by atoms with Crippen LogP contribution in [0.3, 0.4) is 0 Å². The standard InChI is InChI=1S/C10H10BrF2NO/c11-4-1-5-14-10(15)8-6-7(12)2-3-9(8)13/h2-3,6H,1,4-5H2,(H,14,15). The van der Waals surface area contributed by atoms with Crippen LogP contribution in [0.5, 0.6) is 0 Å². The average Bonchev–Trinajstić information content (AvgIpc) is 2.22. The Morgan fingerprint density at radius 1 is 1.40 bits per heavy atom. The van der Waals surface area contributed by atoms with Gasteiger partial charge in [0.15, 0.2) is 0 Å². The first-order valence-electron chi connectivity index (χ1n) is 4.44. The fraction of sp³-hybridized carbons (Fsp3) is 0.300. The molecule has 2 nitrogen and oxygen atoms in total. The van der Waals surface area contributed by atoms with Gasteiger partial charge in [0.05, 0.1) is 5.56 Å². The van der Waals surface area contributed by atoms with E-state index in [4.69, 9.17) is 0 Å². The SMILES string of the molecule is O=C(NCCCBr)c1cc(F)ccc1F. The van der Waals surface area contributed by atoms with Crippen LogP contribution in [0.2, 0.25) is 0 Å². The molecule has 0 saturated carbocycles. The van der Waals surface area contributed by atoms with E-state index in [1.165, 1.54) is 0 Å². The van der Waals surface area contributed by atoms with Crippen molar-refractivity contribution in [2.75, 3.05) is 11.9 Å². The van der Waals surface area contributed by atoms with Gasteiger partial charge in [-0.3, -0.25) is 4.79 Å². The van der Waals surface area contributed by atoms with Gasteiger partial charge in [-0.15, -0.1) is 0 Å². The molecule has 0 unspecified atom stereocenters. The Kier molecular flexibility index (Phi) is 4.68. The summed E-state index contributed by atoms with van der Waals surface area (Å²) in [5, 5.41) is 3.24. The molecule has 5 heteroatoms. The Labute approximate surface area is 94.8 Å². The molecule has 0 saturated heterocycles. The fourth-order valence-electron chi connectivity index (χ4n) is 1.04. The van der Waals surface area contributed by atoms with Gasteiger partial charge in [-0.2, -0.15) is 0 Å². The Hall–Kier alpha value is -0.970. The fourth-order valence-corrected chi connectivity index (χ4v) is 1.32. The van der Waals surface area contributed by atoms with E-state index in [2.05, 4.69) is 21.2 Å². The second-order valence-corrected chi connectivity index (χ2v) is 3.72. The molecule has 0 aliphatic rings. The van der Waals surface area contributed by atoms with Crippen LogP contribution in [-0.2, 0) is 0 Å². The largest absolute Gasteiger partial charge is 0.352 e. The summed E-state index contributed by atoms with van der Waals surface area (Å²) in [7, 11) is 0. The molecule has 0 fully saturated rings. The van der Waals surface area contributed by atoms with Crippen LogP contribution in [0.4, 0.5) is 8.78 Å². The molecule has 15 heavy (non-hydrogen) atoms. The Balaban J connectivity index is 2.68. The number of carbonyl (C=O) groups excluding carboxylic acids is 1. The third-order valence-electron chi connectivity index (χ3n) is 1.77. The van der Waals surface area contributed by atoms with E-state index in [1.54, 1.807) is 0 Å². The maximum Gasteiger partial charge on any atom is 0.254 e. The number of alkyl halides is 1. The number of halogens is 3. The van der Waals surface area contributed by atoms with Crippen molar-refractivity contribution in [3.05, 3.63) is 35.4 Å². The molecule has 1 N–H and O–H groups in total. The van der Waals surface area contributed by atoms with Crippen molar-refractivity contribution < 1.29 is 13.6 Å². The molecule has 1 aromatic rings. The molecule has 0 heterocycles. The molecular weight excluding hydrogens is 268 g/mol. The maximum absolute atomic E-state index is 13.1. The summed E-state index contributed by atoms with van der Waals surface area (Å²) in [6.45, 7) is 0.431. The number of hydrogen-bond acceptors (Lipinski definition) is 1. The summed E-state index contributed by atoms with van der Waals surface area (Å²) in [5.41, 5.74) is -0.260. The van der Waals surface area contributed by atoms with Gasteiger partial charge >= 0.3 is 0 Å². The first kappa shape index (κ1) is 12.1. The molecule has 1 rings (SSSR count). The predicted molar refractivity (Wildman–Crippen MR) is 57.1 cm³/mol. The van der Waals surface area contributed by atoms with Crippen LogP contribution in [0.15, 0.2) is 18.2 Å². The minimum Gasteiger partial charge on any atom is -0.352 e. The number of amides is 1. The quantitative estimate of drug-likeness (QED) is 0.665. The molecule has 0 spiro atoms. The predicted octanol–water partition coefficient (Wildman–Crippen LogP) is 2.48. The lowest BCUT2D eigenvalue weighted by atomic mass is 10.2. The monoisotopic (exact) mass is 277 g/mol. The van der Waals surface area contributed by atoms with Crippen molar-refractivity contribution in [2.45, 2.75) is 6.42 Å². The molecule has 0 radical (unpaired) electrons. The third kappa shape index (κ3) is 3.58. The van der Waals surface area contributed by atoms with Crippen molar-refractivity contribution in [3.63, 3.8) is 0 Å². The van der Waals surface area contributed by atoms with Gasteiger partial charge in [0.1, 0.15) is 11.6 Å². The first-order valence-corrected chi connectivity index (χ1v) is 5.56. The highest BCUT2D eigenvalue weighted by Crippen LogP contribution is 2.09. The van der Waals surface area contributed by atoms with Gasteiger partial charge in [-0.1, -0.05) is 15.9 Å². The van der Waals surface area contributed by atoms with Gasteiger partial charge < -0.3 is 5.32 Å². The van der Waals surface area contributed by atoms with Crippen molar-refractivity contribution in [3.8, 4) is 0 Å². The average molecular weight is 278 g/mol. The molecule has 0 aromatic heterocycles. The third-order valence-corrected chi connectivity index (χ3v) is 2.33. The number of benzene rings is 1. The highest BCUT2D eigenvalue weighted by Gasteiger charge is 2.11. The first-order chi connectivity index (χ1) is 7.15. The topological polar surface area (TPSA) is 29.1 Å². The normalized spacial score (nSPS) is 10.1. The maximum atomic E-state index is 13.1. The minimum absolute atomic E-state index is 0.260. The molecule has 0 aliphatic heterocycles. The zero-order chi connectivity index (χ0) is 11.3. The highest BCUT2D eigenvalue weighted by molar-refractivity contribution is 9.09. The summed E-state index contributed by atoms with van der Waals surface area (Å²) in [6, 6.07) is 2.80. The van der Waals surface area contributed by atoms with Gasteiger partial charge in [0.25, 0.3) is 5.91 Å². The van der Waals surface area contributed by atoms with E-state index in [0.29, 0.717) is 6.54 Å². The molecular formula is C10H10BrF2NO. The van der Waals surface area contributed by atoms with E-state index in [-0.39, 0.29) is 5.56 Å². The van der Waals surface area contributed by atoms with Gasteiger partial charge in [-0.05, 0) is 24.6 Å². The molecule has 0 bridgehead atoms. The summed E-state index contributed by atoms with van der Waals surface area (Å²) >= 11 is 3.20. The Morgan fingerprint density at radius 3 is 2.80 bits per heavy atom. The van der Waals surface area contributed by atoms with Crippen LogP contribution >= 0.6 is 15.9 Å². The number of nitrogens with one attached hydrogen (secondary N) is 1. The van der Waals surface area contributed by atoms with E-state index in [1.807, 2.05) is 0 Å². The van der Waals surface area contributed by atoms with Crippen LogP contribution in [0.25, 0.3) is 0 Å². The molecule has 82 valence electrons. The second kappa shape index (κ2) is 5.80. The molecule has 1 aromatic carbocycles. The Bertz CT molecular complexity index is 357. The Morgan fingerprint density at radius 2 is 2.13 bits per heavy atom. The van der Waals surface area contributed by atoms with Crippen molar-refractivity contribution >= 4 is 21.8 Å². The number of rotatable bonds is 4. The zero-order valence-electron chi connectivity index (χ0n) is 7.90. The zero-order valence-corrected chi connectivity index (χ0v) is 9.48.